The van der Waals surface area contributed by atoms with Crippen LogP contribution in [0.4, 0.5) is 5.69 Å². The number of methoxy groups -OCH3 is 1. The molecule has 3 rings (SSSR count). The molecule has 0 saturated carbocycles. The van der Waals surface area contributed by atoms with Crippen LogP contribution in [0.1, 0.15) is 30.6 Å². The zero-order chi connectivity index (χ0) is 20.1. The molecule has 1 fully saturated rings. The van der Waals surface area contributed by atoms with Crippen molar-refractivity contribution in [3.63, 3.8) is 0 Å². The van der Waals surface area contributed by atoms with E-state index in [9.17, 15) is 9.59 Å². The summed E-state index contributed by atoms with van der Waals surface area (Å²) in [5.41, 5.74) is 1.30. The van der Waals surface area contributed by atoms with Crippen LogP contribution in [-0.2, 0) is 4.79 Å². The van der Waals surface area contributed by atoms with Crippen molar-refractivity contribution in [3.8, 4) is 11.5 Å². The number of carbonyl (C=O) groups is 2. The van der Waals surface area contributed by atoms with Crippen LogP contribution in [0.15, 0.2) is 48.5 Å². The van der Waals surface area contributed by atoms with Gasteiger partial charge in [0.2, 0.25) is 5.91 Å². The van der Waals surface area contributed by atoms with E-state index in [0.29, 0.717) is 31.0 Å². The minimum absolute atomic E-state index is 0.100. The normalized spacial score (nSPS) is 16.8. The smallest absolute Gasteiger partial charge is 0.258 e. The van der Waals surface area contributed by atoms with Crippen molar-refractivity contribution in [1.82, 2.24) is 4.90 Å². The van der Waals surface area contributed by atoms with E-state index >= 15 is 0 Å². The van der Waals surface area contributed by atoms with Gasteiger partial charge in [-0.3, -0.25) is 9.59 Å². The third kappa shape index (κ3) is 3.96. The Morgan fingerprint density at radius 3 is 2.50 bits per heavy atom. The fraction of sp³-hybridized carbons (Fsp3) is 0.364. The van der Waals surface area contributed by atoms with Crippen LogP contribution in [-0.4, -0.2) is 49.6 Å². The fourth-order valence-corrected chi connectivity index (χ4v) is 3.30. The number of piperazine rings is 1. The Balaban J connectivity index is 1.77. The number of carbonyl (C=O) groups excluding carboxylic acids is 2. The molecule has 1 atom stereocenters. The summed E-state index contributed by atoms with van der Waals surface area (Å²) < 4.78 is 10.9. The molecule has 0 radical (unpaired) electrons. The Bertz CT molecular complexity index is 835. The van der Waals surface area contributed by atoms with E-state index in [1.165, 1.54) is 0 Å². The molecule has 2 aromatic carbocycles. The summed E-state index contributed by atoms with van der Waals surface area (Å²) in [6, 6.07) is 14.0. The third-order valence-electron chi connectivity index (χ3n) is 4.88. The lowest BCUT2D eigenvalue weighted by Gasteiger charge is -2.39. The van der Waals surface area contributed by atoms with Crippen molar-refractivity contribution in [1.29, 1.82) is 0 Å². The first-order valence-corrected chi connectivity index (χ1v) is 9.55. The van der Waals surface area contributed by atoms with Crippen molar-refractivity contribution in [3.05, 3.63) is 54.1 Å². The number of rotatable bonds is 6. The van der Waals surface area contributed by atoms with Crippen LogP contribution < -0.4 is 14.4 Å². The topological polar surface area (TPSA) is 59.1 Å². The van der Waals surface area contributed by atoms with Gasteiger partial charge in [-0.15, -0.1) is 0 Å². The van der Waals surface area contributed by atoms with Gasteiger partial charge < -0.3 is 19.3 Å². The lowest BCUT2D eigenvalue weighted by atomic mass is 10.1. The van der Waals surface area contributed by atoms with Crippen LogP contribution in [0.5, 0.6) is 11.5 Å². The molecule has 1 aliphatic heterocycles. The van der Waals surface area contributed by atoms with Gasteiger partial charge in [0.05, 0.1) is 19.3 Å². The highest BCUT2D eigenvalue weighted by Crippen LogP contribution is 2.26. The SMILES string of the molecule is CCCOc1ccccc1C(=O)N1CCN(c2ccc(OC)cc2)C(=O)C1C. The molecule has 1 heterocycles. The Kier molecular flexibility index (Phi) is 6.19. The molecule has 0 bridgehead atoms. The number of amides is 2. The number of ether oxygens (including phenoxy) is 2. The second kappa shape index (κ2) is 8.78. The van der Waals surface area contributed by atoms with Gasteiger partial charge in [-0.1, -0.05) is 19.1 Å². The second-order valence-electron chi connectivity index (χ2n) is 6.71. The van der Waals surface area contributed by atoms with Gasteiger partial charge in [0.1, 0.15) is 17.5 Å². The molecule has 28 heavy (non-hydrogen) atoms. The van der Waals surface area contributed by atoms with Crippen molar-refractivity contribution >= 4 is 17.5 Å². The first kappa shape index (κ1) is 19.7. The molecule has 0 aliphatic carbocycles. The van der Waals surface area contributed by atoms with Crippen LogP contribution in [0.2, 0.25) is 0 Å². The minimum atomic E-state index is -0.553. The summed E-state index contributed by atoms with van der Waals surface area (Å²) in [6.07, 6.45) is 0.859. The Morgan fingerprint density at radius 1 is 1.11 bits per heavy atom. The van der Waals surface area contributed by atoms with Crippen LogP contribution in [0.3, 0.4) is 0 Å². The monoisotopic (exact) mass is 382 g/mol. The van der Waals surface area contributed by atoms with Gasteiger partial charge in [0.25, 0.3) is 5.91 Å². The molecule has 0 spiro atoms. The number of hydrogen-bond acceptors (Lipinski definition) is 4. The van der Waals surface area contributed by atoms with Gasteiger partial charge in [-0.25, -0.2) is 0 Å². The van der Waals surface area contributed by atoms with Crippen molar-refractivity contribution in [2.24, 2.45) is 0 Å². The molecule has 1 aliphatic rings. The standard InChI is InChI=1S/C22H26N2O4/c1-4-15-28-20-8-6-5-7-19(20)22(26)23-13-14-24(21(25)16(23)2)17-9-11-18(27-3)12-10-17/h5-12,16H,4,13-15H2,1-3H3. The van der Waals surface area contributed by atoms with E-state index in [2.05, 4.69) is 0 Å². The summed E-state index contributed by atoms with van der Waals surface area (Å²) in [4.78, 5) is 29.4. The lowest BCUT2D eigenvalue weighted by molar-refractivity contribution is -0.124. The minimum Gasteiger partial charge on any atom is -0.497 e. The predicted molar refractivity (Wildman–Crippen MR) is 108 cm³/mol. The summed E-state index contributed by atoms with van der Waals surface area (Å²) in [5, 5.41) is 0. The van der Waals surface area contributed by atoms with E-state index < -0.39 is 6.04 Å². The molecule has 6 nitrogen and oxygen atoms in total. The zero-order valence-electron chi connectivity index (χ0n) is 16.6. The first-order chi connectivity index (χ1) is 13.6. The summed E-state index contributed by atoms with van der Waals surface area (Å²) in [7, 11) is 1.61. The Morgan fingerprint density at radius 2 is 1.82 bits per heavy atom. The van der Waals surface area contributed by atoms with Gasteiger partial charge in [-0.2, -0.15) is 0 Å². The van der Waals surface area contributed by atoms with E-state index in [-0.39, 0.29) is 11.8 Å². The summed E-state index contributed by atoms with van der Waals surface area (Å²) >= 11 is 0. The van der Waals surface area contributed by atoms with Crippen LogP contribution in [0.25, 0.3) is 0 Å². The molecule has 6 heteroatoms. The average molecular weight is 382 g/mol. The molecular formula is C22H26N2O4. The maximum absolute atomic E-state index is 13.1. The van der Waals surface area contributed by atoms with Crippen molar-refractivity contribution in [2.45, 2.75) is 26.3 Å². The highest BCUT2D eigenvalue weighted by Gasteiger charge is 2.36. The Hall–Kier alpha value is -3.02. The van der Waals surface area contributed by atoms with Crippen LogP contribution in [0, 0.1) is 0 Å². The van der Waals surface area contributed by atoms with Gasteiger partial charge in [0.15, 0.2) is 0 Å². The number of nitrogens with zero attached hydrogens (tertiary/aromatic N) is 2. The molecule has 2 amide bonds. The molecule has 1 saturated heterocycles. The highest BCUT2D eigenvalue weighted by atomic mass is 16.5. The molecule has 0 aromatic heterocycles. The van der Waals surface area contributed by atoms with E-state index in [0.717, 1.165) is 17.9 Å². The molecule has 1 unspecified atom stereocenters. The maximum Gasteiger partial charge on any atom is 0.258 e. The quantitative estimate of drug-likeness (QED) is 0.769. The maximum atomic E-state index is 13.1. The van der Waals surface area contributed by atoms with Crippen molar-refractivity contribution < 1.29 is 19.1 Å². The second-order valence-corrected chi connectivity index (χ2v) is 6.71. The summed E-state index contributed by atoms with van der Waals surface area (Å²) in [6.45, 7) is 5.23. The molecule has 148 valence electrons. The largest absolute Gasteiger partial charge is 0.497 e. The van der Waals surface area contributed by atoms with Crippen LogP contribution >= 0.6 is 0 Å². The van der Waals surface area contributed by atoms with Gasteiger partial charge in [-0.05, 0) is 49.7 Å². The number of benzene rings is 2. The Labute approximate surface area is 165 Å². The van der Waals surface area contributed by atoms with Crippen molar-refractivity contribution in [2.75, 3.05) is 31.7 Å². The predicted octanol–water partition coefficient (Wildman–Crippen LogP) is 3.36. The fourth-order valence-electron chi connectivity index (χ4n) is 3.30. The molecule has 2 aromatic rings. The first-order valence-electron chi connectivity index (χ1n) is 9.55. The number of hydrogen-bond donors (Lipinski definition) is 0. The molecular weight excluding hydrogens is 356 g/mol. The van der Waals surface area contributed by atoms with E-state index in [4.69, 9.17) is 9.47 Å². The third-order valence-corrected chi connectivity index (χ3v) is 4.88. The van der Waals surface area contributed by atoms with Gasteiger partial charge in [0, 0.05) is 18.8 Å². The van der Waals surface area contributed by atoms with E-state index in [1.807, 2.05) is 43.3 Å². The molecule has 0 N–H and O–H groups in total. The highest BCUT2D eigenvalue weighted by molar-refractivity contribution is 6.04. The number of anilines is 1. The van der Waals surface area contributed by atoms with E-state index in [1.54, 1.807) is 36.0 Å². The van der Waals surface area contributed by atoms with Gasteiger partial charge >= 0.3 is 0 Å². The zero-order valence-corrected chi connectivity index (χ0v) is 16.6. The summed E-state index contributed by atoms with van der Waals surface area (Å²) in [5.74, 6) is 1.02. The average Bonchev–Trinajstić information content (AvgIpc) is 2.74. The number of para-hydroxylation sites is 1. The lowest BCUT2D eigenvalue weighted by Crippen LogP contribution is -2.57.